The predicted octanol–water partition coefficient (Wildman–Crippen LogP) is 2.77. The highest BCUT2D eigenvalue weighted by atomic mass is 16.7. The van der Waals surface area contributed by atoms with Crippen molar-refractivity contribution in [2.24, 2.45) is 0 Å². The minimum atomic E-state index is -0.187. The van der Waals surface area contributed by atoms with Gasteiger partial charge in [-0.1, -0.05) is 6.07 Å². The Morgan fingerprint density at radius 3 is 2.69 bits per heavy atom. The molecule has 3 rings (SSSR count). The molecular formula is C19H22N2O5. The van der Waals surface area contributed by atoms with Gasteiger partial charge in [0.15, 0.2) is 11.5 Å². The van der Waals surface area contributed by atoms with Crippen LogP contribution in [0.3, 0.4) is 0 Å². The van der Waals surface area contributed by atoms with Gasteiger partial charge in [-0.3, -0.25) is 0 Å². The number of amides is 2. The van der Waals surface area contributed by atoms with Crippen LogP contribution in [-0.2, 0) is 13.1 Å². The van der Waals surface area contributed by atoms with Gasteiger partial charge in [0.1, 0.15) is 11.5 Å². The van der Waals surface area contributed by atoms with Crippen molar-refractivity contribution in [2.45, 2.75) is 13.1 Å². The van der Waals surface area contributed by atoms with Gasteiger partial charge in [-0.05, 0) is 35.9 Å². The van der Waals surface area contributed by atoms with Crippen molar-refractivity contribution < 1.29 is 23.7 Å². The topological polar surface area (TPSA) is 69.3 Å². The van der Waals surface area contributed by atoms with E-state index in [0.29, 0.717) is 30.3 Å². The average molecular weight is 358 g/mol. The third kappa shape index (κ3) is 3.93. The van der Waals surface area contributed by atoms with Crippen LogP contribution in [0.15, 0.2) is 36.4 Å². The molecule has 138 valence electrons. The molecule has 0 fully saturated rings. The fourth-order valence-electron chi connectivity index (χ4n) is 2.71. The Balaban J connectivity index is 1.59. The molecule has 0 saturated heterocycles. The number of carbonyl (C=O) groups excluding carboxylic acids is 1. The summed E-state index contributed by atoms with van der Waals surface area (Å²) in [6.45, 7) is 1.03. The summed E-state index contributed by atoms with van der Waals surface area (Å²) in [7, 11) is 4.94. The number of hydrogen-bond donors (Lipinski definition) is 1. The van der Waals surface area contributed by atoms with E-state index in [0.717, 1.165) is 16.9 Å². The van der Waals surface area contributed by atoms with Gasteiger partial charge in [0, 0.05) is 25.7 Å². The van der Waals surface area contributed by atoms with E-state index in [2.05, 4.69) is 5.32 Å². The van der Waals surface area contributed by atoms with Gasteiger partial charge < -0.3 is 29.2 Å². The molecule has 0 radical (unpaired) electrons. The summed E-state index contributed by atoms with van der Waals surface area (Å²) in [5, 5.41) is 2.89. The van der Waals surface area contributed by atoms with Crippen LogP contribution in [0.2, 0.25) is 0 Å². The second-order valence-corrected chi connectivity index (χ2v) is 5.88. The van der Waals surface area contributed by atoms with Crippen molar-refractivity contribution in [3.63, 3.8) is 0 Å². The number of fused-ring (bicyclic) bond motifs is 1. The lowest BCUT2D eigenvalue weighted by Gasteiger charge is -2.19. The molecule has 7 nitrogen and oxygen atoms in total. The van der Waals surface area contributed by atoms with E-state index in [1.165, 1.54) is 0 Å². The van der Waals surface area contributed by atoms with Gasteiger partial charge in [-0.2, -0.15) is 0 Å². The van der Waals surface area contributed by atoms with E-state index in [4.69, 9.17) is 18.9 Å². The van der Waals surface area contributed by atoms with E-state index >= 15 is 0 Å². The number of urea groups is 1. The summed E-state index contributed by atoms with van der Waals surface area (Å²) in [6, 6.07) is 10.9. The Hall–Kier alpha value is -3.09. The fraction of sp³-hybridized carbons (Fsp3) is 0.316. The first kappa shape index (κ1) is 17.7. The molecule has 26 heavy (non-hydrogen) atoms. The number of methoxy groups -OCH3 is 2. The molecule has 0 spiro atoms. The van der Waals surface area contributed by atoms with E-state index in [-0.39, 0.29) is 12.8 Å². The highest BCUT2D eigenvalue weighted by Crippen LogP contribution is 2.32. The highest BCUT2D eigenvalue weighted by Gasteiger charge is 2.16. The lowest BCUT2D eigenvalue weighted by Crippen LogP contribution is -2.36. The number of nitrogens with zero attached hydrogens (tertiary/aromatic N) is 1. The minimum absolute atomic E-state index is 0.187. The van der Waals surface area contributed by atoms with E-state index in [1.807, 2.05) is 36.4 Å². The van der Waals surface area contributed by atoms with Crippen molar-refractivity contribution >= 4 is 6.03 Å². The predicted molar refractivity (Wildman–Crippen MR) is 95.8 cm³/mol. The normalized spacial score (nSPS) is 11.8. The zero-order chi connectivity index (χ0) is 18.5. The molecule has 0 bridgehead atoms. The molecule has 1 N–H and O–H groups in total. The maximum Gasteiger partial charge on any atom is 0.317 e. The first-order valence-electron chi connectivity index (χ1n) is 8.19. The molecule has 0 atom stereocenters. The van der Waals surface area contributed by atoms with Gasteiger partial charge in [0.05, 0.1) is 14.2 Å². The number of carbonyl (C=O) groups is 1. The lowest BCUT2D eigenvalue weighted by molar-refractivity contribution is 0.174. The van der Waals surface area contributed by atoms with Crippen molar-refractivity contribution in [2.75, 3.05) is 28.1 Å². The molecule has 0 saturated carbocycles. The molecule has 0 aromatic heterocycles. The number of benzene rings is 2. The Bertz CT molecular complexity index is 793. The molecule has 2 amide bonds. The standard InChI is InChI=1S/C19H22N2O5/c1-21(11-13-4-6-17-18(8-13)26-12-25-17)19(22)20-10-14-9-15(23-2)5-7-16(14)24-3/h4-9H,10-12H2,1-3H3,(H,20,22). The van der Waals surface area contributed by atoms with Gasteiger partial charge in [-0.25, -0.2) is 4.79 Å². The molecule has 7 heteroatoms. The third-order valence-corrected chi connectivity index (χ3v) is 4.12. The Labute approximate surface area is 152 Å². The lowest BCUT2D eigenvalue weighted by atomic mass is 10.2. The molecular weight excluding hydrogens is 336 g/mol. The van der Waals surface area contributed by atoms with E-state index in [9.17, 15) is 4.79 Å². The minimum Gasteiger partial charge on any atom is -0.497 e. The summed E-state index contributed by atoms with van der Waals surface area (Å²) in [5.41, 5.74) is 1.81. The number of nitrogens with one attached hydrogen (secondary N) is 1. The fourth-order valence-corrected chi connectivity index (χ4v) is 2.71. The monoisotopic (exact) mass is 358 g/mol. The zero-order valence-corrected chi connectivity index (χ0v) is 15.1. The summed E-state index contributed by atoms with van der Waals surface area (Å²) in [6.07, 6.45) is 0. The van der Waals surface area contributed by atoms with E-state index in [1.54, 1.807) is 26.2 Å². The summed E-state index contributed by atoms with van der Waals surface area (Å²) in [4.78, 5) is 14.0. The molecule has 1 heterocycles. The van der Waals surface area contributed by atoms with Crippen LogP contribution in [0.4, 0.5) is 4.79 Å². The molecule has 1 aliphatic heterocycles. The molecule has 1 aliphatic rings. The second-order valence-electron chi connectivity index (χ2n) is 5.88. The first-order chi connectivity index (χ1) is 12.6. The van der Waals surface area contributed by atoms with Crippen LogP contribution < -0.4 is 24.3 Å². The molecule has 0 unspecified atom stereocenters. The molecule has 2 aromatic rings. The van der Waals surface area contributed by atoms with Gasteiger partial charge in [0.2, 0.25) is 6.79 Å². The second kappa shape index (κ2) is 7.86. The molecule has 0 aliphatic carbocycles. The highest BCUT2D eigenvalue weighted by molar-refractivity contribution is 5.74. The van der Waals surface area contributed by atoms with Crippen molar-refractivity contribution in [3.05, 3.63) is 47.5 Å². The van der Waals surface area contributed by atoms with Crippen molar-refractivity contribution in [1.82, 2.24) is 10.2 Å². The summed E-state index contributed by atoms with van der Waals surface area (Å²) >= 11 is 0. The quantitative estimate of drug-likeness (QED) is 0.860. The van der Waals surface area contributed by atoms with Gasteiger partial charge in [0.25, 0.3) is 0 Å². The van der Waals surface area contributed by atoms with Crippen LogP contribution in [0, 0.1) is 0 Å². The van der Waals surface area contributed by atoms with Crippen molar-refractivity contribution in [3.8, 4) is 23.0 Å². The van der Waals surface area contributed by atoms with Crippen LogP contribution in [0.5, 0.6) is 23.0 Å². The van der Waals surface area contributed by atoms with Crippen molar-refractivity contribution in [1.29, 1.82) is 0 Å². The smallest absolute Gasteiger partial charge is 0.317 e. The van der Waals surface area contributed by atoms with Crippen LogP contribution in [0.25, 0.3) is 0 Å². The SMILES string of the molecule is COc1ccc(OC)c(CNC(=O)N(C)Cc2ccc3c(c2)OCO3)c1. The van der Waals surface area contributed by atoms with Crippen LogP contribution in [0.1, 0.15) is 11.1 Å². The first-order valence-corrected chi connectivity index (χ1v) is 8.19. The largest absolute Gasteiger partial charge is 0.497 e. The maximum absolute atomic E-state index is 12.4. The Morgan fingerprint density at radius 2 is 1.92 bits per heavy atom. The maximum atomic E-state index is 12.4. The Morgan fingerprint density at radius 1 is 1.12 bits per heavy atom. The van der Waals surface area contributed by atoms with Gasteiger partial charge in [-0.15, -0.1) is 0 Å². The Kier molecular flexibility index (Phi) is 5.36. The zero-order valence-electron chi connectivity index (χ0n) is 15.1. The summed E-state index contributed by atoms with van der Waals surface area (Å²) in [5.74, 6) is 2.84. The molecule has 2 aromatic carbocycles. The van der Waals surface area contributed by atoms with E-state index < -0.39 is 0 Å². The van der Waals surface area contributed by atoms with Gasteiger partial charge >= 0.3 is 6.03 Å². The number of ether oxygens (including phenoxy) is 4. The number of rotatable bonds is 6. The number of hydrogen-bond acceptors (Lipinski definition) is 5. The third-order valence-electron chi connectivity index (χ3n) is 4.12. The summed E-state index contributed by atoms with van der Waals surface area (Å²) < 4.78 is 21.2. The average Bonchev–Trinajstić information content (AvgIpc) is 3.13. The van der Waals surface area contributed by atoms with Crippen LogP contribution in [-0.4, -0.2) is 39.0 Å². The van der Waals surface area contributed by atoms with Crippen LogP contribution >= 0.6 is 0 Å².